The van der Waals surface area contributed by atoms with Crippen LogP contribution in [0.2, 0.25) is 0 Å². The number of hydrogen-bond donors (Lipinski definition) is 1. The van der Waals surface area contributed by atoms with E-state index in [2.05, 4.69) is 81.2 Å². The molecule has 2 aromatic carbocycles. The molecular formula is C37H40N8S2. The Kier molecular flexibility index (Phi) is 11.0. The first-order valence-corrected chi connectivity index (χ1v) is 17.3. The molecular weight excluding hydrogens is 621 g/mol. The zero-order chi connectivity index (χ0) is 33.5. The van der Waals surface area contributed by atoms with Crippen LogP contribution in [0.3, 0.4) is 0 Å². The van der Waals surface area contributed by atoms with Crippen molar-refractivity contribution in [3.05, 3.63) is 115 Å². The minimum Gasteiger partial charge on any atom is -0.399 e. The molecule has 0 bridgehead atoms. The molecule has 4 heterocycles. The van der Waals surface area contributed by atoms with Crippen molar-refractivity contribution >= 4 is 40.3 Å². The Morgan fingerprint density at radius 2 is 1.13 bits per heavy atom. The van der Waals surface area contributed by atoms with Gasteiger partial charge in [-0.05, 0) is 93.5 Å². The maximum absolute atomic E-state index is 5.95. The van der Waals surface area contributed by atoms with Crippen molar-refractivity contribution < 1.29 is 0 Å². The lowest BCUT2D eigenvalue weighted by Crippen LogP contribution is -1.97. The van der Waals surface area contributed by atoms with Gasteiger partial charge in [0.1, 0.15) is 22.8 Å². The summed E-state index contributed by atoms with van der Waals surface area (Å²) in [5.41, 5.74) is 20.4. The predicted molar refractivity (Wildman–Crippen MR) is 196 cm³/mol. The number of hydrogen-bond acceptors (Lipinski definition) is 10. The van der Waals surface area contributed by atoms with Gasteiger partial charge in [-0.25, -0.2) is 9.97 Å². The third-order valence-electron chi connectivity index (χ3n) is 7.67. The highest BCUT2D eigenvalue weighted by Gasteiger charge is 2.11. The average Bonchev–Trinajstić information content (AvgIpc) is 3.72. The summed E-state index contributed by atoms with van der Waals surface area (Å²) in [6, 6.07) is 8.57. The van der Waals surface area contributed by atoms with E-state index in [1.54, 1.807) is 47.5 Å². The van der Waals surface area contributed by atoms with E-state index in [1.165, 1.54) is 27.8 Å². The van der Waals surface area contributed by atoms with E-state index < -0.39 is 0 Å². The zero-order valence-electron chi connectivity index (χ0n) is 28.0. The van der Waals surface area contributed by atoms with Crippen molar-refractivity contribution in [1.29, 1.82) is 0 Å². The molecule has 0 saturated carbocycles. The number of nitrogen functional groups attached to an aromatic ring is 1. The van der Waals surface area contributed by atoms with Crippen molar-refractivity contribution in [2.75, 3.05) is 5.73 Å². The highest BCUT2D eigenvalue weighted by molar-refractivity contribution is 7.10. The Balaban J connectivity index is 0.000000186. The van der Waals surface area contributed by atoms with Crippen LogP contribution in [-0.4, -0.2) is 36.1 Å². The minimum absolute atomic E-state index is 0.816. The Bertz CT molecular complexity index is 1990. The van der Waals surface area contributed by atoms with Crippen LogP contribution in [0, 0.1) is 41.5 Å². The van der Waals surface area contributed by atoms with Gasteiger partial charge in [-0.3, -0.25) is 24.9 Å². The van der Waals surface area contributed by atoms with Gasteiger partial charge in [-0.1, -0.05) is 19.1 Å². The number of anilines is 1. The number of nitrogens with zero attached hydrogens (tertiary/aromatic N) is 7. The van der Waals surface area contributed by atoms with Crippen LogP contribution in [0.5, 0.6) is 0 Å². The topological polar surface area (TPSA) is 116 Å². The quantitative estimate of drug-likeness (QED) is 0.128. The van der Waals surface area contributed by atoms with E-state index in [0.29, 0.717) is 0 Å². The molecule has 0 aliphatic heterocycles. The van der Waals surface area contributed by atoms with E-state index in [-0.39, 0.29) is 0 Å². The molecule has 6 aromatic rings. The second-order valence-corrected chi connectivity index (χ2v) is 13.5. The van der Waals surface area contributed by atoms with Crippen molar-refractivity contribution in [3.8, 4) is 22.8 Å². The van der Waals surface area contributed by atoms with Crippen molar-refractivity contribution in [2.45, 2.75) is 67.7 Å². The second kappa shape index (κ2) is 15.3. The number of rotatable bonds is 8. The van der Waals surface area contributed by atoms with Gasteiger partial charge in [0, 0.05) is 47.9 Å². The van der Waals surface area contributed by atoms with Crippen LogP contribution in [0.25, 0.3) is 22.8 Å². The first-order valence-electron chi connectivity index (χ1n) is 15.5. The SMILES string of the molecule is CCC=Nc1cc(C)c(Cc2nc(-c3cnc(C)cn3)cs2)cc1C.Cc1cnc(-c2csc(Cc3cc(C)c(N)cc3C)n2)cn1. The van der Waals surface area contributed by atoms with E-state index >= 15 is 0 Å². The number of aliphatic imine (C=N–C) groups is 1. The van der Waals surface area contributed by atoms with Crippen LogP contribution in [-0.2, 0) is 12.8 Å². The van der Waals surface area contributed by atoms with Crippen molar-refractivity contribution in [2.24, 2.45) is 4.99 Å². The summed E-state index contributed by atoms with van der Waals surface area (Å²) >= 11 is 3.32. The largest absolute Gasteiger partial charge is 0.399 e. The number of aromatic nitrogens is 6. The van der Waals surface area contributed by atoms with Gasteiger partial charge >= 0.3 is 0 Å². The smallest absolute Gasteiger partial charge is 0.108 e. The van der Waals surface area contributed by atoms with Crippen molar-refractivity contribution in [1.82, 2.24) is 29.9 Å². The molecule has 0 amide bonds. The first-order chi connectivity index (χ1) is 22.6. The van der Waals surface area contributed by atoms with Crippen LogP contribution in [0.4, 0.5) is 11.4 Å². The molecule has 10 heteroatoms. The van der Waals surface area contributed by atoms with Gasteiger partial charge in [0.05, 0.1) is 39.5 Å². The third-order valence-corrected chi connectivity index (χ3v) is 9.36. The standard InChI is InChI=1S/C20H22N4S.C17H18N4S/c1-5-6-21-17-8-13(2)16(7-14(17)3)9-20-24-19(12-25-20)18-11-22-15(4)10-23-18;1-10-5-14(18)11(2)4-13(10)6-17-21-16(9-22-17)15-8-19-12(3)7-20-15/h6-8,10-12H,5,9H2,1-4H3;4-5,7-9H,6,18H2,1-3H3. The minimum atomic E-state index is 0.816. The Morgan fingerprint density at radius 3 is 1.62 bits per heavy atom. The fourth-order valence-corrected chi connectivity index (χ4v) is 6.49. The van der Waals surface area contributed by atoms with Crippen LogP contribution in [0.15, 0.2) is 64.8 Å². The lowest BCUT2D eigenvalue weighted by Gasteiger charge is -2.08. The predicted octanol–water partition coefficient (Wildman–Crippen LogP) is 8.93. The van der Waals surface area contributed by atoms with Crippen molar-refractivity contribution in [3.63, 3.8) is 0 Å². The van der Waals surface area contributed by atoms with E-state index in [9.17, 15) is 0 Å². The van der Waals surface area contributed by atoms with E-state index in [4.69, 9.17) is 10.7 Å². The lowest BCUT2D eigenvalue weighted by molar-refractivity contribution is 1.08. The molecule has 0 atom stereocenters. The maximum Gasteiger partial charge on any atom is 0.108 e. The highest BCUT2D eigenvalue weighted by Crippen LogP contribution is 2.28. The van der Waals surface area contributed by atoms with E-state index in [0.717, 1.165) is 80.4 Å². The summed E-state index contributed by atoms with van der Waals surface area (Å²) in [4.78, 5) is 31.3. The van der Waals surface area contributed by atoms with Crippen LogP contribution < -0.4 is 5.73 Å². The number of aryl methyl sites for hydroxylation is 6. The number of nitrogens with two attached hydrogens (primary N) is 1. The Hall–Kier alpha value is -4.67. The Labute approximate surface area is 285 Å². The molecule has 6 rings (SSSR count). The summed E-state index contributed by atoms with van der Waals surface area (Å²) in [6.07, 6.45) is 11.6. The molecule has 0 fully saturated rings. The molecule has 0 aliphatic rings. The zero-order valence-corrected chi connectivity index (χ0v) is 29.6. The molecule has 8 nitrogen and oxygen atoms in total. The molecule has 0 spiro atoms. The number of benzene rings is 2. The fourth-order valence-electron chi connectivity index (χ4n) is 4.86. The summed E-state index contributed by atoms with van der Waals surface area (Å²) in [5, 5.41) is 6.25. The van der Waals surface area contributed by atoms with Gasteiger partial charge < -0.3 is 5.73 Å². The maximum atomic E-state index is 5.95. The first kappa shape index (κ1) is 33.7. The lowest BCUT2D eigenvalue weighted by atomic mass is 10.0. The van der Waals surface area contributed by atoms with Gasteiger partial charge in [0.25, 0.3) is 0 Å². The third kappa shape index (κ3) is 8.78. The molecule has 2 N–H and O–H groups in total. The molecule has 0 radical (unpaired) electrons. The van der Waals surface area contributed by atoms with Crippen LogP contribution >= 0.6 is 22.7 Å². The summed E-state index contributed by atoms with van der Waals surface area (Å²) in [6.45, 7) is 14.3. The molecule has 0 aliphatic carbocycles. The molecule has 240 valence electrons. The Morgan fingerprint density at radius 1 is 0.617 bits per heavy atom. The number of thiazole rings is 2. The van der Waals surface area contributed by atoms with Crippen LogP contribution in [0.1, 0.15) is 68.1 Å². The monoisotopic (exact) mass is 660 g/mol. The van der Waals surface area contributed by atoms with Gasteiger partial charge in [-0.15, -0.1) is 22.7 Å². The normalized spacial score (nSPS) is 11.1. The molecule has 4 aromatic heterocycles. The van der Waals surface area contributed by atoms with Gasteiger partial charge in [0.15, 0.2) is 0 Å². The van der Waals surface area contributed by atoms with Gasteiger partial charge in [-0.2, -0.15) is 0 Å². The summed E-state index contributed by atoms with van der Waals surface area (Å²) in [5.74, 6) is 0. The van der Waals surface area contributed by atoms with E-state index in [1.807, 2.05) is 38.4 Å². The van der Waals surface area contributed by atoms with Gasteiger partial charge in [0.2, 0.25) is 0 Å². The fraction of sp³-hybridized carbons (Fsp3) is 0.270. The summed E-state index contributed by atoms with van der Waals surface area (Å²) < 4.78 is 0. The second-order valence-electron chi connectivity index (χ2n) is 11.6. The summed E-state index contributed by atoms with van der Waals surface area (Å²) in [7, 11) is 0. The highest BCUT2D eigenvalue weighted by atomic mass is 32.1. The average molecular weight is 661 g/mol. The molecule has 47 heavy (non-hydrogen) atoms. The molecule has 0 saturated heterocycles. The molecule has 0 unspecified atom stereocenters.